The molecule has 0 aliphatic carbocycles. The van der Waals surface area contributed by atoms with Crippen LogP contribution in [0.1, 0.15) is 17.9 Å². The highest BCUT2D eigenvalue weighted by atomic mass is 16.4. The van der Waals surface area contributed by atoms with Crippen LogP contribution in [0.15, 0.2) is 67.3 Å². The van der Waals surface area contributed by atoms with Gasteiger partial charge < -0.3 is 5.11 Å². The van der Waals surface area contributed by atoms with Crippen molar-refractivity contribution >= 4 is 5.97 Å². The molecule has 0 saturated heterocycles. The lowest BCUT2D eigenvalue weighted by molar-refractivity contribution is -0.138. The average molecular weight is 252 g/mol. The van der Waals surface area contributed by atoms with Gasteiger partial charge in [0.05, 0.1) is 5.92 Å². The van der Waals surface area contributed by atoms with Crippen molar-refractivity contribution in [1.82, 2.24) is 0 Å². The molecule has 96 valence electrons. The number of rotatable bonds is 5. The fourth-order valence-corrected chi connectivity index (χ4v) is 2.11. The maximum atomic E-state index is 11.3. The number of benzene rings is 2. The van der Waals surface area contributed by atoms with Gasteiger partial charge in [-0.3, -0.25) is 4.79 Å². The van der Waals surface area contributed by atoms with Gasteiger partial charge in [0.2, 0.25) is 0 Å². The smallest absolute Gasteiger partial charge is 0.311 e. The quantitative estimate of drug-likeness (QED) is 0.813. The standard InChI is InChI=1S/C17H16O2/c1-2-7-16(17(18)19)15-11-6-10-14(12-15)13-8-4-3-5-9-13/h2-6,8-12,16H,1,7H2,(H,18,19). The first-order chi connectivity index (χ1) is 9.22. The topological polar surface area (TPSA) is 37.3 Å². The van der Waals surface area contributed by atoms with E-state index >= 15 is 0 Å². The Kier molecular flexibility index (Phi) is 4.14. The van der Waals surface area contributed by atoms with Crippen LogP contribution in [0.5, 0.6) is 0 Å². The van der Waals surface area contributed by atoms with Crippen molar-refractivity contribution in [2.24, 2.45) is 0 Å². The van der Waals surface area contributed by atoms with Crippen LogP contribution in [-0.2, 0) is 4.79 Å². The van der Waals surface area contributed by atoms with Crippen molar-refractivity contribution in [3.05, 3.63) is 72.8 Å². The Labute approximate surface area is 113 Å². The van der Waals surface area contributed by atoms with Crippen LogP contribution in [0.25, 0.3) is 11.1 Å². The molecular formula is C17H16O2. The summed E-state index contributed by atoms with van der Waals surface area (Å²) in [7, 11) is 0. The van der Waals surface area contributed by atoms with E-state index in [1.54, 1.807) is 6.08 Å². The summed E-state index contributed by atoms with van der Waals surface area (Å²) >= 11 is 0. The molecule has 2 aromatic rings. The van der Waals surface area contributed by atoms with Crippen molar-refractivity contribution in [1.29, 1.82) is 0 Å². The van der Waals surface area contributed by atoms with Gasteiger partial charge in [-0.05, 0) is 23.1 Å². The summed E-state index contributed by atoms with van der Waals surface area (Å²) in [5.41, 5.74) is 2.94. The summed E-state index contributed by atoms with van der Waals surface area (Å²) in [4.78, 5) is 11.3. The third-order valence-corrected chi connectivity index (χ3v) is 3.10. The summed E-state index contributed by atoms with van der Waals surface area (Å²) in [5.74, 6) is -1.34. The Balaban J connectivity index is 2.38. The molecule has 0 bridgehead atoms. The average Bonchev–Trinajstić information content (AvgIpc) is 2.45. The molecule has 0 amide bonds. The van der Waals surface area contributed by atoms with Gasteiger partial charge >= 0.3 is 5.97 Å². The van der Waals surface area contributed by atoms with Gasteiger partial charge in [-0.15, -0.1) is 6.58 Å². The predicted molar refractivity (Wildman–Crippen MR) is 77.1 cm³/mol. The molecular weight excluding hydrogens is 236 g/mol. The van der Waals surface area contributed by atoms with Crippen LogP contribution in [0.3, 0.4) is 0 Å². The highest BCUT2D eigenvalue weighted by Gasteiger charge is 2.18. The molecule has 2 nitrogen and oxygen atoms in total. The van der Waals surface area contributed by atoms with Crippen LogP contribution < -0.4 is 0 Å². The van der Waals surface area contributed by atoms with Crippen molar-refractivity contribution in [3.63, 3.8) is 0 Å². The van der Waals surface area contributed by atoms with Crippen LogP contribution in [-0.4, -0.2) is 11.1 Å². The van der Waals surface area contributed by atoms with E-state index in [0.29, 0.717) is 6.42 Å². The molecule has 2 aromatic carbocycles. The summed E-state index contributed by atoms with van der Waals surface area (Å²) in [6.45, 7) is 3.63. The predicted octanol–water partition coefficient (Wildman–Crippen LogP) is 4.10. The molecule has 0 fully saturated rings. The Morgan fingerprint density at radius 2 is 1.79 bits per heavy atom. The Hall–Kier alpha value is -2.35. The van der Waals surface area contributed by atoms with Crippen molar-refractivity contribution in [3.8, 4) is 11.1 Å². The summed E-state index contributed by atoms with van der Waals surface area (Å²) < 4.78 is 0. The van der Waals surface area contributed by atoms with E-state index in [2.05, 4.69) is 6.58 Å². The van der Waals surface area contributed by atoms with Crippen LogP contribution in [0.2, 0.25) is 0 Å². The summed E-state index contributed by atoms with van der Waals surface area (Å²) in [6, 6.07) is 17.6. The number of carboxylic acid groups (broad SMARTS) is 1. The Morgan fingerprint density at radius 1 is 1.11 bits per heavy atom. The zero-order valence-corrected chi connectivity index (χ0v) is 10.6. The van der Waals surface area contributed by atoms with Gasteiger partial charge in [0.15, 0.2) is 0 Å². The van der Waals surface area contributed by atoms with Gasteiger partial charge in [0, 0.05) is 0 Å². The number of carbonyl (C=O) groups is 1. The first-order valence-corrected chi connectivity index (χ1v) is 6.21. The van der Waals surface area contributed by atoms with E-state index < -0.39 is 11.9 Å². The zero-order chi connectivity index (χ0) is 13.7. The fourth-order valence-electron chi connectivity index (χ4n) is 2.11. The highest BCUT2D eigenvalue weighted by Crippen LogP contribution is 2.26. The number of hydrogen-bond acceptors (Lipinski definition) is 1. The molecule has 2 rings (SSSR count). The minimum atomic E-state index is -0.815. The Morgan fingerprint density at radius 3 is 2.42 bits per heavy atom. The molecule has 0 aliphatic heterocycles. The molecule has 2 heteroatoms. The Bertz CT molecular complexity index is 573. The third kappa shape index (κ3) is 3.10. The maximum Gasteiger partial charge on any atom is 0.311 e. The van der Waals surface area contributed by atoms with Gasteiger partial charge in [0.25, 0.3) is 0 Å². The molecule has 0 saturated carbocycles. The fraction of sp³-hybridized carbons (Fsp3) is 0.118. The van der Waals surface area contributed by atoms with Gasteiger partial charge in [0.1, 0.15) is 0 Å². The molecule has 19 heavy (non-hydrogen) atoms. The van der Waals surface area contributed by atoms with E-state index in [1.807, 2.05) is 54.6 Å². The first kappa shape index (κ1) is 13.1. The molecule has 1 N–H and O–H groups in total. The molecule has 1 unspecified atom stereocenters. The van der Waals surface area contributed by atoms with Gasteiger partial charge in [-0.25, -0.2) is 0 Å². The lowest BCUT2D eigenvalue weighted by Crippen LogP contribution is -2.10. The second-order valence-corrected chi connectivity index (χ2v) is 4.41. The lowest BCUT2D eigenvalue weighted by Gasteiger charge is -2.12. The van der Waals surface area contributed by atoms with E-state index in [-0.39, 0.29) is 0 Å². The monoisotopic (exact) mass is 252 g/mol. The van der Waals surface area contributed by atoms with Crippen molar-refractivity contribution in [2.75, 3.05) is 0 Å². The number of allylic oxidation sites excluding steroid dienone is 1. The van der Waals surface area contributed by atoms with Crippen LogP contribution >= 0.6 is 0 Å². The number of carboxylic acids is 1. The second-order valence-electron chi connectivity index (χ2n) is 4.41. The number of aliphatic carboxylic acids is 1. The lowest BCUT2D eigenvalue weighted by atomic mass is 9.93. The molecule has 0 heterocycles. The highest BCUT2D eigenvalue weighted by molar-refractivity contribution is 5.77. The van der Waals surface area contributed by atoms with Gasteiger partial charge in [-0.2, -0.15) is 0 Å². The molecule has 0 radical (unpaired) electrons. The summed E-state index contributed by atoms with van der Waals surface area (Å²) in [6.07, 6.45) is 2.08. The molecule has 0 spiro atoms. The van der Waals surface area contributed by atoms with E-state index in [1.165, 1.54) is 0 Å². The molecule has 0 aliphatic rings. The van der Waals surface area contributed by atoms with Crippen molar-refractivity contribution < 1.29 is 9.90 Å². The minimum Gasteiger partial charge on any atom is -0.481 e. The largest absolute Gasteiger partial charge is 0.481 e. The van der Waals surface area contributed by atoms with E-state index in [9.17, 15) is 9.90 Å². The van der Waals surface area contributed by atoms with Crippen LogP contribution in [0, 0.1) is 0 Å². The normalized spacial score (nSPS) is 11.8. The maximum absolute atomic E-state index is 11.3. The minimum absolute atomic E-state index is 0.438. The number of hydrogen-bond donors (Lipinski definition) is 1. The van der Waals surface area contributed by atoms with Crippen molar-refractivity contribution in [2.45, 2.75) is 12.3 Å². The second kappa shape index (κ2) is 6.01. The van der Waals surface area contributed by atoms with E-state index in [4.69, 9.17) is 0 Å². The zero-order valence-electron chi connectivity index (χ0n) is 10.6. The third-order valence-electron chi connectivity index (χ3n) is 3.10. The van der Waals surface area contributed by atoms with Crippen LogP contribution in [0.4, 0.5) is 0 Å². The molecule has 1 atom stereocenters. The van der Waals surface area contributed by atoms with E-state index in [0.717, 1.165) is 16.7 Å². The SMILES string of the molecule is C=CCC(C(=O)O)c1cccc(-c2ccccc2)c1. The van der Waals surface area contributed by atoms with Gasteiger partial charge in [-0.1, -0.05) is 60.7 Å². The summed E-state index contributed by atoms with van der Waals surface area (Å²) in [5, 5.41) is 9.27. The first-order valence-electron chi connectivity index (χ1n) is 6.21. The molecule has 0 aromatic heterocycles.